The summed E-state index contributed by atoms with van der Waals surface area (Å²) in [6.45, 7) is 2.88. The highest BCUT2D eigenvalue weighted by Gasteiger charge is 2.06. The van der Waals surface area contributed by atoms with Gasteiger partial charge in [0.2, 0.25) is 0 Å². The molecule has 0 aliphatic rings. The minimum atomic E-state index is -0.111. The van der Waals surface area contributed by atoms with Gasteiger partial charge >= 0.3 is 0 Å². The van der Waals surface area contributed by atoms with Crippen LogP contribution in [0.2, 0.25) is 0 Å². The molecule has 0 aromatic heterocycles. The summed E-state index contributed by atoms with van der Waals surface area (Å²) in [5.41, 5.74) is 0.764. The SMILES string of the molecule is CSc1ccc(C(C)=O)c(O)c1.CSc1ccc(C(C)=O)c(O)c1. The van der Waals surface area contributed by atoms with Crippen molar-refractivity contribution in [2.45, 2.75) is 23.6 Å². The predicted octanol–water partition coefficient (Wildman–Crippen LogP) is 4.63. The van der Waals surface area contributed by atoms with Gasteiger partial charge in [0, 0.05) is 9.79 Å². The van der Waals surface area contributed by atoms with Crippen LogP contribution in [0.25, 0.3) is 0 Å². The molecule has 0 aliphatic carbocycles. The zero-order valence-corrected chi connectivity index (χ0v) is 15.6. The molecule has 0 bridgehead atoms. The van der Waals surface area contributed by atoms with Crippen LogP contribution < -0.4 is 0 Å². The monoisotopic (exact) mass is 364 g/mol. The zero-order valence-electron chi connectivity index (χ0n) is 14.0. The van der Waals surface area contributed by atoms with E-state index < -0.39 is 0 Å². The molecule has 0 radical (unpaired) electrons. The van der Waals surface area contributed by atoms with Crippen molar-refractivity contribution in [3.8, 4) is 11.5 Å². The Kier molecular flexibility index (Phi) is 7.88. The van der Waals surface area contributed by atoms with Crippen molar-refractivity contribution in [1.82, 2.24) is 0 Å². The van der Waals surface area contributed by atoms with E-state index in [2.05, 4.69) is 0 Å². The molecule has 0 aliphatic heterocycles. The molecule has 0 saturated carbocycles. The number of hydrogen-bond acceptors (Lipinski definition) is 6. The van der Waals surface area contributed by atoms with Crippen molar-refractivity contribution < 1.29 is 19.8 Å². The smallest absolute Gasteiger partial charge is 0.163 e. The van der Waals surface area contributed by atoms with Crippen molar-refractivity contribution in [2.24, 2.45) is 0 Å². The van der Waals surface area contributed by atoms with E-state index in [0.717, 1.165) is 9.79 Å². The number of thioether (sulfide) groups is 2. The minimum absolute atomic E-state index is 0.0642. The van der Waals surface area contributed by atoms with Gasteiger partial charge in [0.25, 0.3) is 0 Å². The number of carbonyl (C=O) groups excluding carboxylic acids is 2. The molecular weight excluding hydrogens is 344 g/mol. The molecule has 6 heteroatoms. The van der Waals surface area contributed by atoms with Gasteiger partial charge in [0.1, 0.15) is 11.5 Å². The average molecular weight is 364 g/mol. The number of phenols is 2. The van der Waals surface area contributed by atoms with E-state index in [9.17, 15) is 19.8 Å². The minimum Gasteiger partial charge on any atom is -0.507 e. The van der Waals surface area contributed by atoms with E-state index in [4.69, 9.17) is 0 Å². The highest BCUT2D eigenvalue weighted by molar-refractivity contribution is 7.98. The van der Waals surface area contributed by atoms with Gasteiger partial charge in [-0.05, 0) is 62.8 Å². The summed E-state index contributed by atoms with van der Waals surface area (Å²) < 4.78 is 0. The number of rotatable bonds is 4. The molecule has 0 spiro atoms. The lowest BCUT2D eigenvalue weighted by Crippen LogP contribution is -1.91. The Labute approximate surface area is 150 Å². The molecule has 0 fully saturated rings. The van der Waals surface area contributed by atoms with Crippen molar-refractivity contribution >= 4 is 35.1 Å². The van der Waals surface area contributed by atoms with E-state index in [1.165, 1.54) is 37.4 Å². The molecular formula is C18H20O4S2. The Morgan fingerprint density at radius 3 is 1.29 bits per heavy atom. The maximum Gasteiger partial charge on any atom is 0.163 e. The third-order valence-electron chi connectivity index (χ3n) is 3.17. The lowest BCUT2D eigenvalue weighted by atomic mass is 10.1. The van der Waals surface area contributed by atoms with Gasteiger partial charge in [-0.2, -0.15) is 0 Å². The van der Waals surface area contributed by atoms with E-state index in [1.807, 2.05) is 24.6 Å². The van der Waals surface area contributed by atoms with E-state index >= 15 is 0 Å². The molecule has 2 N–H and O–H groups in total. The molecule has 4 nitrogen and oxygen atoms in total. The van der Waals surface area contributed by atoms with Crippen LogP contribution in [-0.4, -0.2) is 34.3 Å². The second kappa shape index (κ2) is 9.39. The highest BCUT2D eigenvalue weighted by atomic mass is 32.2. The van der Waals surface area contributed by atoms with Gasteiger partial charge < -0.3 is 10.2 Å². The van der Waals surface area contributed by atoms with Gasteiger partial charge in [-0.3, -0.25) is 9.59 Å². The summed E-state index contributed by atoms with van der Waals surface area (Å²) in [5, 5.41) is 18.7. The van der Waals surface area contributed by atoms with Gasteiger partial charge in [-0.1, -0.05) is 0 Å². The van der Waals surface area contributed by atoms with E-state index in [0.29, 0.717) is 11.1 Å². The Morgan fingerprint density at radius 2 is 1.08 bits per heavy atom. The highest BCUT2D eigenvalue weighted by Crippen LogP contribution is 2.25. The Balaban J connectivity index is 0.000000240. The van der Waals surface area contributed by atoms with Gasteiger partial charge in [-0.15, -0.1) is 23.5 Å². The summed E-state index contributed by atoms with van der Waals surface area (Å²) in [4.78, 5) is 23.7. The summed E-state index contributed by atoms with van der Waals surface area (Å²) in [7, 11) is 0. The Morgan fingerprint density at radius 1 is 0.750 bits per heavy atom. The van der Waals surface area contributed by atoms with Crippen molar-refractivity contribution in [3.63, 3.8) is 0 Å². The lowest BCUT2D eigenvalue weighted by molar-refractivity contribution is 0.100. The molecule has 128 valence electrons. The largest absolute Gasteiger partial charge is 0.507 e. The number of ketones is 2. The summed E-state index contributed by atoms with van der Waals surface area (Å²) in [5.74, 6) is -0.0935. The fourth-order valence-corrected chi connectivity index (χ4v) is 2.74. The van der Waals surface area contributed by atoms with Crippen LogP contribution in [0.5, 0.6) is 11.5 Å². The normalized spacial score (nSPS) is 9.83. The zero-order chi connectivity index (χ0) is 18.3. The summed E-state index contributed by atoms with van der Waals surface area (Å²) in [6, 6.07) is 10.1. The molecule has 24 heavy (non-hydrogen) atoms. The first-order chi connectivity index (χ1) is 11.3. The summed E-state index contributed by atoms with van der Waals surface area (Å²) >= 11 is 3.06. The van der Waals surface area contributed by atoms with Gasteiger partial charge in [0.05, 0.1) is 11.1 Å². The lowest BCUT2D eigenvalue weighted by Gasteiger charge is -2.01. The number of benzene rings is 2. The Hall–Kier alpha value is -1.92. The molecule has 2 rings (SSSR count). The third kappa shape index (κ3) is 5.62. The van der Waals surface area contributed by atoms with Crippen LogP contribution in [0.15, 0.2) is 46.2 Å². The fourth-order valence-electron chi connectivity index (χ4n) is 1.87. The first-order valence-corrected chi connectivity index (χ1v) is 9.51. The molecule has 2 aromatic carbocycles. The predicted molar refractivity (Wildman–Crippen MR) is 99.8 cm³/mol. The summed E-state index contributed by atoms with van der Waals surface area (Å²) in [6.07, 6.45) is 3.84. The van der Waals surface area contributed by atoms with Crippen LogP contribution in [0.3, 0.4) is 0 Å². The Bertz CT molecular complexity index is 678. The van der Waals surface area contributed by atoms with Crippen LogP contribution >= 0.6 is 23.5 Å². The molecule has 0 unspecified atom stereocenters. The maximum absolute atomic E-state index is 10.9. The molecule has 0 atom stereocenters. The fraction of sp³-hybridized carbons (Fsp3) is 0.222. The molecule has 0 saturated heterocycles. The number of hydrogen-bond donors (Lipinski definition) is 2. The van der Waals surface area contributed by atoms with Crippen molar-refractivity contribution in [2.75, 3.05) is 12.5 Å². The number of aromatic hydroxyl groups is 2. The van der Waals surface area contributed by atoms with E-state index in [1.54, 1.807) is 24.3 Å². The maximum atomic E-state index is 10.9. The topological polar surface area (TPSA) is 74.6 Å². The number of carbonyl (C=O) groups is 2. The average Bonchev–Trinajstić information content (AvgIpc) is 2.54. The second-order valence-electron chi connectivity index (χ2n) is 4.88. The number of phenolic OH excluding ortho intramolecular Hbond substituents is 2. The second-order valence-corrected chi connectivity index (χ2v) is 6.64. The quantitative estimate of drug-likeness (QED) is 0.608. The van der Waals surface area contributed by atoms with E-state index in [-0.39, 0.29) is 23.1 Å². The van der Waals surface area contributed by atoms with Crippen LogP contribution in [0, 0.1) is 0 Å². The third-order valence-corrected chi connectivity index (χ3v) is 4.62. The van der Waals surface area contributed by atoms with Crippen molar-refractivity contribution in [3.05, 3.63) is 47.5 Å². The van der Waals surface area contributed by atoms with Crippen LogP contribution in [0.1, 0.15) is 34.6 Å². The first-order valence-electron chi connectivity index (χ1n) is 7.06. The molecule has 0 heterocycles. The van der Waals surface area contributed by atoms with Crippen LogP contribution in [0.4, 0.5) is 0 Å². The van der Waals surface area contributed by atoms with Crippen LogP contribution in [-0.2, 0) is 0 Å². The molecule has 0 amide bonds. The number of Topliss-reactive ketones (excluding diaryl/α,β-unsaturated/α-hetero) is 2. The first kappa shape index (κ1) is 20.1. The van der Waals surface area contributed by atoms with Gasteiger partial charge in [-0.25, -0.2) is 0 Å². The molecule has 2 aromatic rings. The van der Waals surface area contributed by atoms with Crippen molar-refractivity contribution in [1.29, 1.82) is 0 Å². The van der Waals surface area contributed by atoms with Gasteiger partial charge in [0.15, 0.2) is 11.6 Å². The standard InChI is InChI=1S/2C9H10O2S/c2*1-6(10)8-4-3-7(12-2)5-9(8)11/h2*3-5,11H,1-2H3.